The number of dihydropyridines is 1. The van der Waals surface area contributed by atoms with Crippen molar-refractivity contribution in [1.82, 2.24) is 5.32 Å². The maximum absolute atomic E-state index is 13.5. The first-order valence-corrected chi connectivity index (χ1v) is 10.7. The molecular formula is C24H20BrNO7. The first-order chi connectivity index (χ1) is 15.8. The number of fused-ring (bicyclic) bond motifs is 2. The van der Waals surface area contributed by atoms with Gasteiger partial charge in [0.25, 0.3) is 0 Å². The third kappa shape index (κ3) is 3.78. The van der Waals surface area contributed by atoms with E-state index in [0.717, 1.165) is 5.56 Å². The fraction of sp³-hybridized carbons (Fsp3) is 0.208. The Morgan fingerprint density at radius 3 is 2.45 bits per heavy atom. The molecule has 0 aromatic heterocycles. The molecule has 1 heterocycles. The number of carbonyl (C=O) groups excluding carboxylic acids is 2. The van der Waals surface area contributed by atoms with Gasteiger partial charge in [-0.25, -0.2) is 9.59 Å². The van der Waals surface area contributed by atoms with Gasteiger partial charge >= 0.3 is 11.9 Å². The molecule has 0 saturated heterocycles. The zero-order chi connectivity index (χ0) is 23.9. The number of benzene rings is 2. The number of aliphatic carboxylic acids is 1. The lowest BCUT2D eigenvalue weighted by Crippen LogP contribution is -2.29. The summed E-state index contributed by atoms with van der Waals surface area (Å²) in [4.78, 5) is 37.3. The number of carboxylic acids is 1. The molecule has 0 fully saturated rings. The van der Waals surface area contributed by atoms with E-state index in [1.54, 1.807) is 31.2 Å². The SMILES string of the molecule is COC(=O)C1=C(C)NC2=C(C(=O)c3ccccc32)[C@H]1c1cc(OC)c(OCC(=O)O)cc1Br. The van der Waals surface area contributed by atoms with Crippen LogP contribution in [0, 0.1) is 0 Å². The second kappa shape index (κ2) is 8.74. The van der Waals surface area contributed by atoms with Gasteiger partial charge < -0.3 is 24.6 Å². The molecule has 1 atom stereocenters. The molecule has 2 N–H and O–H groups in total. The number of allylic oxidation sites excluding steroid dienone is 2. The molecule has 4 rings (SSSR count). The van der Waals surface area contributed by atoms with Crippen LogP contribution < -0.4 is 14.8 Å². The minimum absolute atomic E-state index is 0.191. The van der Waals surface area contributed by atoms with Gasteiger partial charge in [0.2, 0.25) is 0 Å². The van der Waals surface area contributed by atoms with Crippen LogP contribution in [0.2, 0.25) is 0 Å². The standard InChI is InChI=1S/C24H20BrNO7/c1-11-19(24(30)32-3)20(21-22(26-11)12-6-4-5-7-13(12)23(21)29)14-8-16(31-2)17(9-15(14)25)33-10-18(27)28/h4-9,20,26H,10H2,1-3H3,(H,27,28)/t20-/m0/s1. The van der Waals surface area contributed by atoms with Crippen LogP contribution in [0.3, 0.4) is 0 Å². The second-order valence-electron chi connectivity index (χ2n) is 7.46. The van der Waals surface area contributed by atoms with Crippen LogP contribution in [0.5, 0.6) is 11.5 Å². The van der Waals surface area contributed by atoms with Crippen LogP contribution in [0.1, 0.15) is 34.3 Å². The van der Waals surface area contributed by atoms with Crippen molar-refractivity contribution in [2.24, 2.45) is 0 Å². The molecule has 8 nitrogen and oxygen atoms in total. The van der Waals surface area contributed by atoms with Crippen molar-refractivity contribution >= 4 is 39.3 Å². The highest BCUT2D eigenvalue weighted by molar-refractivity contribution is 9.10. The fourth-order valence-corrected chi connectivity index (χ4v) is 4.76. The van der Waals surface area contributed by atoms with Gasteiger partial charge in [-0.2, -0.15) is 0 Å². The smallest absolute Gasteiger partial charge is 0.341 e. The molecule has 0 radical (unpaired) electrons. The molecule has 0 amide bonds. The maximum atomic E-state index is 13.5. The number of esters is 1. The topological polar surface area (TPSA) is 111 Å². The number of hydrogen-bond donors (Lipinski definition) is 2. The number of ketones is 1. The second-order valence-corrected chi connectivity index (χ2v) is 8.31. The highest BCUT2D eigenvalue weighted by Crippen LogP contribution is 2.49. The number of Topliss-reactive ketones (excluding diaryl/α,β-unsaturated/α-hetero) is 1. The summed E-state index contributed by atoms with van der Waals surface area (Å²) < 4.78 is 16.3. The summed E-state index contributed by atoms with van der Waals surface area (Å²) in [6.07, 6.45) is 0. The molecule has 2 aromatic carbocycles. The Morgan fingerprint density at radius 2 is 1.82 bits per heavy atom. The van der Waals surface area contributed by atoms with Gasteiger partial charge in [0, 0.05) is 26.9 Å². The van der Waals surface area contributed by atoms with E-state index in [2.05, 4.69) is 21.2 Å². The number of carboxylic acid groups (broad SMARTS) is 1. The zero-order valence-electron chi connectivity index (χ0n) is 18.0. The van der Waals surface area contributed by atoms with E-state index in [4.69, 9.17) is 19.3 Å². The molecular weight excluding hydrogens is 494 g/mol. The summed E-state index contributed by atoms with van der Waals surface area (Å²) in [7, 11) is 2.71. The van der Waals surface area contributed by atoms with E-state index in [1.165, 1.54) is 14.2 Å². The first kappa shape index (κ1) is 22.6. The summed E-state index contributed by atoms with van der Waals surface area (Å²) >= 11 is 3.51. The van der Waals surface area contributed by atoms with E-state index in [0.29, 0.717) is 38.1 Å². The minimum atomic E-state index is -1.13. The molecule has 33 heavy (non-hydrogen) atoms. The number of hydrogen-bond acceptors (Lipinski definition) is 7. The van der Waals surface area contributed by atoms with Gasteiger partial charge in [-0.05, 0) is 24.6 Å². The van der Waals surface area contributed by atoms with Crippen molar-refractivity contribution in [3.63, 3.8) is 0 Å². The Bertz CT molecular complexity index is 1260. The predicted molar refractivity (Wildman–Crippen MR) is 122 cm³/mol. The maximum Gasteiger partial charge on any atom is 0.341 e. The van der Waals surface area contributed by atoms with Crippen molar-refractivity contribution in [1.29, 1.82) is 0 Å². The van der Waals surface area contributed by atoms with Gasteiger partial charge in [-0.1, -0.05) is 40.2 Å². The van der Waals surface area contributed by atoms with Gasteiger partial charge in [0.15, 0.2) is 23.9 Å². The van der Waals surface area contributed by atoms with Crippen LogP contribution in [-0.2, 0) is 14.3 Å². The van der Waals surface area contributed by atoms with Crippen molar-refractivity contribution in [2.75, 3.05) is 20.8 Å². The van der Waals surface area contributed by atoms with Gasteiger partial charge in [-0.3, -0.25) is 4.79 Å². The molecule has 2 aliphatic rings. The van der Waals surface area contributed by atoms with Crippen molar-refractivity contribution in [2.45, 2.75) is 12.8 Å². The molecule has 2 aromatic rings. The van der Waals surface area contributed by atoms with E-state index >= 15 is 0 Å². The van der Waals surface area contributed by atoms with Crippen LogP contribution in [-0.4, -0.2) is 43.7 Å². The number of rotatable bonds is 6. The average molecular weight is 514 g/mol. The zero-order valence-corrected chi connectivity index (χ0v) is 19.6. The van der Waals surface area contributed by atoms with E-state index in [9.17, 15) is 14.4 Å². The molecule has 0 bridgehead atoms. The Kier molecular flexibility index (Phi) is 5.99. The predicted octanol–water partition coefficient (Wildman–Crippen LogP) is 3.66. The summed E-state index contributed by atoms with van der Waals surface area (Å²) in [6, 6.07) is 10.4. The summed E-state index contributed by atoms with van der Waals surface area (Å²) in [5, 5.41) is 12.2. The first-order valence-electron chi connectivity index (χ1n) is 9.94. The lowest BCUT2D eigenvalue weighted by molar-refractivity contribution is -0.139. The lowest BCUT2D eigenvalue weighted by Gasteiger charge is -2.30. The quantitative estimate of drug-likeness (QED) is 0.562. The summed E-state index contributed by atoms with van der Waals surface area (Å²) in [5.41, 5.74) is 3.79. The van der Waals surface area contributed by atoms with Crippen molar-refractivity contribution in [3.05, 3.63) is 74.4 Å². The van der Waals surface area contributed by atoms with E-state index in [-0.39, 0.29) is 17.3 Å². The molecule has 1 aliphatic carbocycles. The van der Waals surface area contributed by atoms with Gasteiger partial charge in [-0.15, -0.1) is 0 Å². The molecule has 0 unspecified atom stereocenters. The molecule has 0 saturated carbocycles. The average Bonchev–Trinajstić information content (AvgIpc) is 3.08. The van der Waals surface area contributed by atoms with Gasteiger partial charge in [0.05, 0.1) is 31.4 Å². The monoisotopic (exact) mass is 513 g/mol. The van der Waals surface area contributed by atoms with E-state index in [1.807, 2.05) is 12.1 Å². The van der Waals surface area contributed by atoms with E-state index < -0.39 is 24.5 Å². The third-order valence-corrected chi connectivity index (χ3v) is 6.29. The number of methoxy groups -OCH3 is 2. The lowest BCUT2D eigenvalue weighted by atomic mass is 9.79. The molecule has 9 heteroatoms. The summed E-state index contributed by atoms with van der Waals surface area (Å²) in [5.74, 6) is -2.18. The number of ether oxygens (including phenoxy) is 3. The fourth-order valence-electron chi connectivity index (χ4n) is 4.20. The largest absolute Gasteiger partial charge is 0.493 e. The molecule has 1 aliphatic heterocycles. The normalized spacial score (nSPS) is 16.7. The highest BCUT2D eigenvalue weighted by Gasteiger charge is 2.43. The minimum Gasteiger partial charge on any atom is -0.493 e. The van der Waals surface area contributed by atoms with Crippen LogP contribution in [0.15, 0.2) is 57.7 Å². The number of nitrogens with one attached hydrogen (secondary N) is 1. The van der Waals surface area contributed by atoms with Crippen molar-refractivity contribution < 1.29 is 33.7 Å². The Hall–Kier alpha value is -3.59. The van der Waals surface area contributed by atoms with Crippen LogP contribution in [0.25, 0.3) is 5.70 Å². The van der Waals surface area contributed by atoms with Crippen LogP contribution in [0.4, 0.5) is 0 Å². The number of carbonyl (C=O) groups is 3. The van der Waals surface area contributed by atoms with Crippen LogP contribution >= 0.6 is 15.9 Å². The summed E-state index contributed by atoms with van der Waals surface area (Å²) in [6.45, 7) is 1.20. The molecule has 0 spiro atoms. The van der Waals surface area contributed by atoms with Crippen molar-refractivity contribution in [3.8, 4) is 11.5 Å². The van der Waals surface area contributed by atoms with Gasteiger partial charge in [0.1, 0.15) is 0 Å². The highest BCUT2D eigenvalue weighted by atomic mass is 79.9. The molecule has 170 valence electrons. The Morgan fingerprint density at radius 1 is 1.12 bits per heavy atom. The third-order valence-electron chi connectivity index (χ3n) is 5.60. The Balaban J connectivity index is 1.92. The Labute approximate surface area is 198 Å². The number of halogens is 1.